The van der Waals surface area contributed by atoms with Crippen LogP contribution in [0.5, 0.6) is 0 Å². The molecular weight excluding hydrogens is 295 g/mol. The topological polar surface area (TPSA) is 43.6 Å². The number of aromatic nitrogens is 4. The van der Waals surface area contributed by atoms with Crippen molar-refractivity contribution in [1.82, 2.24) is 20.2 Å². The van der Waals surface area contributed by atoms with Crippen LogP contribution >= 0.6 is 34.8 Å². The van der Waals surface area contributed by atoms with Crippen LogP contribution in [0.15, 0.2) is 18.2 Å². The van der Waals surface area contributed by atoms with Gasteiger partial charge in [0.25, 0.3) is 0 Å². The third kappa shape index (κ3) is 2.60. The number of benzene rings is 1. The first-order chi connectivity index (χ1) is 8.50. The standard InChI is InChI=1S/C11H11Cl3N4/c1-6(12)11-15-16-17-18(11)7(2)9-4-3-8(13)5-10(9)14/h3-7H,1-2H3. The third-order valence-corrected chi connectivity index (χ3v) is 3.41. The van der Waals surface area contributed by atoms with Crippen LogP contribution in [0.4, 0.5) is 0 Å². The number of alkyl halides is 1. The summed E-state index contributed by atoms with van der Waals surface area (Å²) in [6, 6.07) is 5.23. The Kier molecular flexibility index (Phi) is 4.10. The van der Waals surface area contributed by atoms with Crippen molar-refractivity contribution in [3.05, 3.63) is 39.6 Å². The van der Waals surface area contributed by atoms with Crippen molar-refractivity contribution in [2.24, 2.45) is 0 Å². The van der Waals surface area contributed by atoms with Gasteiger partial charge < -0.3 is 0 Å². The fourth-order valence-corrected chi connectivity index (χ4v) is 2.42. The lowest BCUT2D eigenvalue weighted by Crippen LogP contribution is -2.13. The van der Waals surface area contributed by atoms with Gasteiger partial charge >= 0.3 is 0 Å². The van der Waals surface area contributed by atoms with Gasteiger partial charge in [0.1, 0.15) is 0 Å². The maximum atomic E-state index is 6.17. The van der Waals surface area contributed by atoms with E-state index in [0.717, 1.165) is 5.56 Å². The highest BCUT2D eigenvalue weighted by atomic mass is 35.5. The minimum absolute atomic E-state index is 0.110. The summed E-state index contributed by atoms with van der Waals surface area (Å²) in [5.41, 5.74) is 0.895. The Morgan fingerprint density at radius 3 is 2.56 bits per heavy atom. The lowest BCUT2D eigenvalue weighted by molar-refractivity contribution is 0.521. The molecule has 0 N–H and O–H groups in total. The van der Waals surface area contributed by atoms with Crippen LogP contribution in [0.3, 0.4) is 0 Å². The maximum absolute atomic E-state index is 6.17. The highest BCUT2D eigenvalue weighted by Crippen LogP contribution is 2.30. The normalized spacial score (nSPS) is 14.5. The highest BCUT2D eigenvalue weighted by Gasteiger charge is 2.19. The van der Waals surface area contributed by atoms with Gasteiger partial charge in [-0.1, -0.05) is 29.3 Å². The Morgan fingerprint density at radius 2 is 1.94 bits per heavy atom. The molecule has 1 aromatic carbocycles. The fraction of sp³-hybridized carbons (Fsp3) is 0.364. The number of halogens is 3. The van der Waals surface area contributed by atoms with Gasteiger partial charge in [-0.3, -0.25) is 0 Å². The van der Waals surface area contributed by atoms with Crippen molar-refractivity contribution in [2.45, 2.75) is 25.3 Å². The summed E-state index contributed by atoms with van der Waals surface area (Å²) < 4.78 is 1.66. The van der Waals surface area contributed by atoms with Crippen molar-refractivity contribution in [2.75, 3.05) is 0 Å². The zero-order valence-corrected chi connectivity index (χ0v) is 12.1. The summed E-state index contributed by atoms with van der Waals surface area (Å²) >= 11 is 18.1. The van der Waals surface area contributed by atoms with E-state index in [1.807, 2.05) is 19.9 Å². The fourth-order valence-electron chi connectivity index (χ4n) is 1.71. The summed E-state index contributed by atoms with van der Waals surface area (Å²) in [4.78, 5) is 0. The quantitative estimate of drug-likeness (QED) is 0.808. The Bertz CT molecular complexity index is 553. The zero-order chi connectivity index (χ0) is 13.3. The van der Waals surface area contributed by atoms with Gasteiger partial charge in [-0.25, -0.2) is 4.68 Å². The minimum Gasteiger partial charge on any atom is -0.221 e. The number of hydrogen-bond donors (Lipinski definition) is 0. The molecule has 96 valence electrons. The predicted molar refractivity (Wildman–Crippen MR) is 72.4 cm³/mol. The number of nitrogens with zero attached hydrogens (tertiary/aromatic N) is 4. The van der Waals surface area contributed by atoms with Crippen LogP contribution in [0.1, 0.15) is 36.7 Å². The summed E-state index contributed by atoms with van der Waals surface area (Å²) in [7, 11) is 0. The largest absolute Gasteiger partial charge is 0.221 e. The summed E-state index contributed by atoms with van der Waals surface area (Å²) in [6.07, 6.45) is 0. The van der Waals surface area contributed by atoms with Gasteiger partial charge in [0.05, 0.1) is 11.4 Å². The molecule has 7 heteroatoms. The molecule has 0 spiro atoms. The molecule has 4 nitrogen and oxygen atoms in total. The molecule has 2 aromatic rings. The van der Waals surface area contributed by atoms with E-state index >= 15 is 0 Å². The van der Waals surface area contributed by atoms with Crippen LogP contribution in [0.2, 0.25) is 10.0 Å². The molecule has 0 aliphatic carbocycles. The molecule has 2 unspecified atom stereocenters. The monoisotopic (exact) mass is 304 g/mol. The molecule has 0 radical (unpaired) electrons. The van der Waals surface area contributed by atoms with Gasteiger partial charge in [0.2, 0.25) is 0 Å². The molecule has 0 aliphatic heterocycles. The van der Waals surface area contributed by atoms with E-state index in [-0.39, 0.29) is 11.4 Å². The van der Waals surface area contributed by atoms with Crippen molar-refractivity contribution in [1.29, 1.82) is 0 Å². The zero-order valence-electron chi connectivity index (χ0n) is 9.81. The van der Waals surface area contributed by atoms with E-state index in [2.05, 4.69) is 15.5 Å². The van der Waals surface area contributed by atoms with Gasteiger partial charge in [-0.05, 0) is 42.0 Å². The van der Waals surface area contributed by atoms with Crippen LogP contribution < -0.4 is 0 Å². The van der Waals surface area contributed by atoms with Crippen molar-refractivity contribution in [3.63, 3.8) is 0 Å². The van der Waals surface area contributed by atoms with Crippen LogP contribution in [0, 0.1) is 0 Å². The molecule has 0 fully saturated rings. The smallest absolute Gasteiger partial charge is 0.169 e. The molecule has 0 saturated carbocycles. The average Bonchev–Trinajstić information content (AvgIpc) is 2.77. The minimum atomic E-state index is -0.270. The van der Waals surface area contributed by atoms with E-state index in [9.17, 15) is 0 Å². The molecule has 2 rings (SSSR count). The Hall–Kier alpha value is -0.840. The maximum Gasteiger partial charge on any atom is 0.169 e. The first-order valence-electron chi connectivity index (χ1n) is 5.37. The second-order valence-corrected chi connectivity index (χ2v) is 5.44. The Morgan fingerprint density at radius 1 is 1.22 bits per heavy atom. The lowest BCUT2D eigenvalue weighted by Gasteiger charge is -2.16. The Labute approximate surface area is 120 Å². The lowest BCUT2D eigenvalue weighted by atomic mass is 10.1. The molecular formula is C11H11Cl3N4. The number of tetrazole rings is 1. The second-order valence-electron chi connectivity index (χ2n) is 3.94. The Balaban J connectivity index is 2.41. The number of hydrogen-bond acceptors (Lipinski definition) is 3. The first kappa shape index (κ1) is 13.6. The van der Waals surface area contributed by atoms with E-state index in [0.29, 0.717) is 15.9 Å². The average molecular weight is 306 g/mol. The SMILES string of the molecule is CC(Cl)c1nnnn1C(C)c1ccc(Cl)cc1Cl. The molecule has 0 bridgehead atoms. The molecule has 1 aromatic heterocycles. The van der Waals surface area contributed by atoms with Gasteiger partial charge in [-0.2, -0.15) is 0 Å². The predicted octanol–water partition coefficient (Wildman–Crippen LogP) is 3.89. The second kappa shape index (κ2) is 5.43. The molecule has 1 heterocycles. The van der Waals surface area contributed by atoms with Crippen LogP contribution in [0.25, 0.3) is 0 Å². The van der Waals surface area contributed by atoms with Gasteiger partial charge in [0, 0.05) is 10.0 Å². The van der Waals surface area contributed by atoms with E-state index in [1.54, 1.807) is 16.8 Å². The number of rotatable bonds is 3. The molecule has 0 aliphatic rings. The summed E-state index contributed by atoms with van der Waals surface area (Å²) in [6.45, 7) is 3.77. The van der Waals surface area contributed by atoms with E-state index in [4.69, 9.17) is 34.8 Å². The summed E-state index contributed by atoms with van der Waals surface area (Å²) in [5, 5.41) is 12.4. The summed E-state index contributed by atoms with van der Waals surface area (Å²) in [5.74, 6) is 0.607. The van der Waals surface area contributed by atoms with Crippen LogP contribution in [-0.4, -0.2) is 20.2 Å². The highest BCUT2D eigenvalue weighted by molar-refractivity contribution is 6.35. The van der Waals surface area contributed by atoms with Gasteiger partial charge in [-0.15, -0.1) is 16.7 Å². The van der Waals surface area contributed by atoms with Crippen molar-refractivity contribution < 1.29 is 0 Å². The van der Waals surface area contributed by atoms with E-state index in [1.165, 1.54) is 0 Å². The molecule has 2 atom stereocenters. The van der Waals surface area contributed by atoms with E-state index < -0.39 is 0 Å². The van der Waals surface area contributed by atoms with Crippen molar-refractivity contribution in [3.8, 4) is 0 Å². The molecule has 0 amide bonds. The van der Waals surface area contributed by atoms with Gasteiger partial charge in [0.15, 0.2) is 5.82 Å². The van der Waals surface area contributed by atoms with Crippen LogP contribution in [-0.2, 0) is 0 Å². The molecule has 0 saturated heterocycles. The van der Waals surface area contributed by atoms with Crippen molar-refractivity contribution >= 4 is 34.8 Å². The first-order valence-corrected chi connectivity index (χ1v) is 6.56. The third-order valence-electron chi connectivity index (χ3n) is 2.65. The molecule has 18 heavy (non-hydrogen) atoms.